The van der Waals surface area contributed by atoms with E-state index >= 15 is 0 Å². The van der Waals surface area contributed by atoms with Crippen molar-refractivity contribution in [1.29, 1.82) is 0 Å². The lowest BCUT2D eigenvalue weighted by Crippen LogP contribution is -2.45. The predicted octanol–water partition coefficient (Wildman–Crippen LogP) is 2.43. The number of ether oxygens (including phenoxy) is 2. The van der Waals surface area contributed by atoms with Crippen LogP contribution in [0.3, 0.4) is 0 Å². The zero-order valence-corrected chi connectivity index (χ0v) is 17.8. The van der Waals surface area contributed by atoms with Gasteiger partial charge in [-0.15, -0.1) is 0 Å². The summed E-state index contributed by atoms with van der Waals surface area (Å²) in [5, 5.41) is 15.3. The van der Waals surface area contributed by atoms with Gasteiger partial charge in [0, 0.05) is 19.6 Å². The van der Waals surface area contributed by atoms with Gasteiger partial charge in [0.1, 0.15) is 17.9 Å². The molecule has 0 aliphatic carbocycles. The Balaban J connectivity index is 1.51. The number of pyridine rings is 1. The average Bonchev–Trinajstić information content (AvgIpc) is 3.26. The largest absolute Gasteiger partial charge is 0.497 e. The van der Waals surface area contributed by atoms with Crippen molar-refractivity contribution in [2.24, 2.45) is 0 Å². The minimum Gasteiger partial charge on any atom is -0.497 e. The standard InChI is InChI=1S/C22H26N6O3/c1-14-10-26(11-15(2)31-14)17-8-19-20(23-9-17)27(22(29)28-21(19)24-13-25-28)12-16-4-6-18(30-3)7-5-16/h4-9,13-15,22,29H,10-12H2,1-3H3/t14-,15+,22?. The number of aromatic nitrogens is 4. The Labute approximate surface area is 180 Å². The lowest BCUT2D eigenvalue weighted by atomic mass is 10.1. The molecule has 1 N–H and O–H groups in total. The van der Waals surface area contributed by atoms with E-state index in [1.165, 1.54) is 11.0 Å². The number of hydrogen-bond donors (Lipinski definition) is 1. The van der Waals surface area contributed by atoms with Gasteiger partial charge in [0.2, 0.25) is 6.35 Å². The molecule has 0 amide bonds. The van der Waals surface area contributed by atoms with Crippen molar-refractivity contribution in [2.45, 2.75) is 39.0 Å². The summed E-state index contributed by atoms with van der Waals surface area (Å²) in [7, 11) is 1.64. The van der Waals surface area contributed by atoms with Gasteiger partial charge in [-0.2, -0.15) is 9.78 Å². The first-order valence-electron chi connectivity index (χ1n) is 10.4. The van der Waals surface area contributed by atoms with Crippen molar-refractivity contribution < 1.29 is 14.6 Å². The van der Waals surface area contributed by atoms with E-state index in [1.54, 1.807) is 7.11 Å². The number of hydrogen-bond acceptors (Lipinski definition) is 8. The summed E-state index contributed by atoms with van der Waals surface area (Å²) in [6.07, 6.45) is 2.64. The number of anilines is 2. The van der Waals surface area contributed by atoms with Gasteiger partial charge >= 0.3 is 0 Å². The Hall–Kier alpha value is -3.17. The minimum atomic E-state index is -0.992. The van der Waals surface area contributed by atoms with Crippen molar-refractivity contribution in [3.63, 3.8) is 0 Å². The highest BCUT2D eigenvalue weighted by molar-refractivity contribution is 5.77. The number of benzene rings is 1. The van der Waals surface area contributed by atoms with Crippen molar-refractivity contribution >= 4 is 11.5 Å². The monoisotopic (exact) mass is 422 g/mol. The zero-order valence-electron chi connectivity index (χ0n) is 17.8. The molecule has 162 valence electrons. The van der Waals surface area contributed by atoms with Crippen LogP contribution in [-0.2, 0) is 11.3 Å². The number of fused-ring (bicyclic) bond motifs is 3. The van der Waals surface area contributed by atoms with Crippen molar-refractivity contribution in [3.8, 4) is 17.1 Å². The van der Waals surface area contributed by atoms with E-state index in [0.29, 0.717) is 18.2 Å². The Kier molecular flexibility index (Phi) is 4.99. The maximum Gasteiger partial charge on any atom is 0.230 e. The van der Waals surface area contributed by atoms with E-state index in [1.807, 2.05) is 35.4 Å². The van der Waals surface area contributed by atoms with Crippen LogP contribution >= 0.6 is 0 Å². The molecule has 1 saturated heterocycles. The fourth-order valence-electron chi connectivity index (χ4n) is 4.34. The van der Waals surface area contributed by atoms with Gasteiger partial charge in [0.15, 0.2) is 5.82 Å². The first-order chi connectivity index (χ1) is 15.0. The lowest BCUT2D eigenvalue weighted by Gasteiger charge is -2.38. The predicted molar refractivity (Wildman–Crippen MR) is 116 cm³/mol. The molecule has 2 aliphatic heterocycles. The molecule has 0 radical (unpaired) electrons. The van der Waals surface area contributed by atoms with Gasteiger partial charge in [-0.3, -0.25) is 0 Å². The highest BCUT2D eigenvalue weighted by Crippen LogP contribution is 2.39. The van der Waals surface area contributed by atoms with Crippen LogP contribution in [0.1, 0.15) is 25.8 Å². The van der Waals surface area contributed by atoms with Crippen LogP contribution in [0.4, 0.5) is 11.5 Å². The van der Waals surface area contributed by atoms with Gasteiger partial charge in [0.05, 0.1) is 36.8 Å². The Morgan fingerprint density at radius 3 is 2.58 bits per heavy atom. The van der Waals surface area contributed by atoms with E-state index in [9.17, 15) is 5.11 Å². The number of methoxy groups -OCH3 is 1. The third kappa shape index (κ3) is 3.60. The van der Waals surface area contributed by atoms with Gasteiger partial charge in [-0.05, 0) is 37.6 Å². The quantitative estimate of drug-likeness (QED) is 0.686. The molecule has 3 atom stereocenters. The third-order valence-corrected chi connectivity index (χ3v) is 5.73. The smallest absolute Gasteiger partial charge is 0.230 e. The summed E-state index contributed by atoms with van der Waals surface area (Å²) < 4.78 is 12.6. The molecule has 0 spiro atoms. The highest BCUT2D eigenvalue weighted by Gasteiger charge is 2.33. The molecule has 9 nitrogen and oxygen atoms in total. The molecule has 9 heteroatoms. The molecular formula is C22H26N6O3. The third-order valence-electron chi connectivity index (χ3n) is 5.73. The van der Waals surface area contributed by atoms with Gasteiger partial charge in [-0.1, -0.05) is 12.1 Å². The van der Waals surface area contributed by atoms with Crippen molar-refractivity contribution in [1.82, 2.24) is 19.7 Å². The summed E-state index contributed by atoms with van der Waals surface area (Å²) in [6.45, 7) is 6.23. The molecule has 1 fully saturated rings. The van der Waals surface area contributed by atoms with E-state index < -0.39 is 6.35 Å². The number of rotatable bonds is 4. The lowest BCUT2D eigenvalue weighted by molar-refractivity contribution is -0.00523. The summed E-state index contributed by atoms with van der Waals surface area (Å²) in [5.74, 6) is 2.08. The normalized spacial score (nSPS) is 22.8. The Morgan fingerprint density at radius 2 is 1.87 bits per heavy atom. The Morgan fingerprint density at radius 1 is 1.13 bits per heavy atom. The second-order valence-electron chi connectivity index (χ2n) is 8.08. The van der Waals surface area contributed by atoms with Gasteiger partial charge in [0.25, 0.3) is 0 Å². The van der Waals surface area contributed by atoms with Crippen LogP contribution in [0.2, 0.25) is 0 Å². The van der Waals surface area contributed by atoms with Crippen LogP contribution < -0.4 is 14.5 Å². The second kappa shape index (κ2) is 7.82. The maximum absolute atomic E-state index is 11.0. The minimum absolute atomic E-state index is 0.150. The van der Waals surface area contributed by atoms with Gasteiger partial charge in [-0.25, -0.2) is 9.97 Å². The number of aliphatic hydroxyl groups excluding tert-OH is 1. The summed E-state index contributed by atoms with van der Waals surface area (Å²) >= 11 is 0. The molecule has 2 aromatic heterocycles. The number of morpholine rings is 1. The second-order valence-corrected chi connectivity index (χ2v) is 8.08. The highest BCUT2D eigenvalue weighted by atomic mass is 16.5. The van der Waals surface area contributed by atoms with Crippen molar-refractivity contribution in [3.05, 3.63) is 48.4 Å². The Bertz CT molecular complexity index is 1060. The topological polar surface area (TPSA) is 88.8 Å². The molecule has 3 aromatic rings. The molecule has 5 rings (SSSR count). The fourth-order valence-corrected chi connectivity index (χ4v) is 4.34. The molecule has 4 heterocycles. The van der Waals surface area contributed by atoms with Crippen LogP contribution in [-0.4, -0.2) is 57.3 Å². The van der Waals surface area contributed by atoms with E-state index in [0.717, 1.165) is 35.7 Å². The number of nitrogens with zero attached hydrogens (tertiary/aromatic N) is 6. The molecular weight excluding hydrogens is 396 g/mol. The van der Waals surface area contributed by atoms with E-state index in [-0.39, 0.29) is 12.2 Å². The molecule has 2 aliphatic rings. The summed E-state index contributed by atoms with van der Waals surface area (Å²) in [6, 6.07) is 9.86. The molecule has 0 saturated carbocycles. The first-order valence-corrected chi connectivity index (χ1v) is 10.4. The molecule has 1 unspecified atom stereocenters. The van der Waals surface area contributed by atoms with Crippen LogP contribution in [0, 0.1) is 0 Å². The van der Waals surface area contributed by atoms with Crippen LogP contribution in [0.15, 0.2) is 42.9 Å². The van der Waals surface area contributed by atoms with E-state index in [4.69, 9.17) is 14.5 Å². The fraction of sp³-hybridized carbons (Fsp3) is 0.409. The number of aliphatic hydroxyl groups is 1. The molecule has 0 bridgehead atoms. The first kappa shape index (κ1) is 19.8. The maximum atomic E-state index is 11.0. The van der Waals surface area contributed by atoms with Crippen LogP contribution in [0.5, 0.6) is 5.75 Å². The van der Waals surface area contributed by atoms with Gasteiger partial charge < -0.3 is 24.4 Å². The average molecular weight is 422 g/mol. The molecule has 31 heavy (non-hydrogen) atoms. The van der Waals surface area contributed by atoms with Crippen LogP contribution in [0.25, 0.3) is 11.4 Å². The zero-order chi connectivity index (χ0) is 21.5. The van der Waals surface area contributed by atoms with Crippen molar-refractivity contribution in [2.75, 3.05) is 30.0 Å². The SMILES string of the molecule is COc1ccc(CN2c3ncc(N4C[C@@H](C)O[C@@H](C)C4)cc3-c3ncnn3C2O)cc1. The molecule has 1 aromatic carbocycles. The summed E-state index contributed by atoms with van der Waals surface area (Å²) in [5.41, 5.74) is 2.88. The summed E-state index contributed by atoms with van der Waals surface area (Å²) in [4.78, 5) is 13.3. The van der Waals surface area contributed by atoms with E-state index in [2.05, 4.69) is 34.9 Å².